The number of ketones is 1. The lowest BCUT2D eigenvalue weighted by Gasteiger charge is -2.24. The minimum Gasteiger partial charge on any atom is -0.491 e. The van der Waals surface area contributed by atoms with E-state index in [1.165, 1.54) is 18.1 Å². The van der Waals surface area contributed by atoms with Crippen LogP contribution in [0, 0.1) is 0 Å². The number of hydrogen-bond donors (Lipinski definition) is 2. The summed E-state index contributed by atoms with van der Waals surface area (Å²) in [7, 11) is 0. The molecule has 162 valence electrons. The van der Waals surface area contributed by atoms with Gasteiger partial charge < -0.3 is 15.2 Å². The molecule has 31 heavy (non-hydrogen) atoms. The molecule has 0 aromatic heterocycles. The van der Waals surface area contributed by atoms with Crippen molar-refractivity contribution in [3.05, 3.63) is 64.7 Å². The topological polar surface area (TPSA) is 95.9 Å². The van der Waals surface area contributed by atoms with Crippen LogP contribution in [0.15, 0.2) is 42.5 Å². The Morgan fingerprint density at radius 1 is 1.19 bits per heavy atom. The molecule has 7 heteroatoms. The summed E-state index contributed by atoms with van der Waals surface area (Å²) in [4.78, 5) is 38.2. The number of carbonyl (C=O) groups excluding carboxylic acids is 3. The largest absolute Gasteiger partial charge is 0.491 e. The maximum Gasteiger partial charge on any atom is 0.325 e. The van der Waals surface area contributed by atoms with E-state index < -0.39 is 23.6 Å². The van der Waals surface area contributed by atoms with Crippen molar-refractivity contribution >= 4 is 17.7 Å². The zero-order chi connectivity index (χ0) is 22.2. The van der Waals surface area contributed by atoms with E-state index in [0.717, 1.165) is 29.7 Å². The summed E-state index contributed by atoms with van der Waals surface area (Å²) in [6.45, 7) is 2.86. The number of rotatable bonds is 7. The molecule has 2 atom stereocenters. The standard InChI is InChI=1S/C24H26N2O5/c1-15(27)17-6-4-8-21(12-17)31-14-20(28)13-26-22(29)24(2,25-23(26)30)19-10-9-16-5-3-7-18(16)11-19/h4,6,8-12,20,28H,3,5,7,13-14H2,1-2H3,(H,25,30)/t20-,24+/m0/s1. The van der Waals surface area contributed by atoms with Gasteiger partial charge in [-0.15, -0.1) is 0 Å². The van der Waals surface area contributed by atoms with Crippen molar-refractivity contribution in [1.82, 2.24) is 10.2 Å². The number of carbonyl (C=O) groups is 3. The quantitative estimate of drug-likeness (QED) is 0.528. The molecule has 0 saturated carbocycles. The molecule has 2 aliphatic rings. The first-order valence-electron chi connectivity index (χ1n) is 10.5. The molecular weight excluding hydrogens is 396 g/mol. The second-order valence-electron chi connectivity index (χ2n) is 8.36. The Hall–Kier alpha value is -3.19. The van der Waals surface area contributed by atoms with E-state index >= 15 is 0 Å². The van der Waals surface area contributed by atoms with Crippen LogP contribution >= 0.6 is 0 Å². The highest BCUT2D eigenvalue weighted by Gasteiger charge is 2.49. The second-order valence-corrected chi connectivity index (χ2v) is 8.36. The SMILES string of the molecule is CC(=O)c1cccc(OC[C@@H](O)CN2C(=O)N[C@](C)(c3ccc4c(c3)CCC4)C2=O)c1. The Kier molecular flexibility index (Phi) is 5.54. The lowest BCUT2D eigenvalue weighted by atomic mass is 9.89. The summed E-state index contributed by atoms with van der Waals surface area (Å²) < 4.78 is 5.55. The van der Waals surface area contributed by atoms with Crippen molar-refractivity contribution in [3.63, 3.8) is 0 Å². The lowest BCUT2D eigenvalue weighted by molar-refractivity contribution is -0.132. The highest BCUT2D eigenvalue weighted by atomic mass is 16.5. The van der Waals surface area contributed by atoms with E-state index in [2.05, 4.69) is 5.32 Å². The number of nitrogens with one attached hydrogen (secondary N) is 1. The first-order valence-corrected chi connectivity index (χ1v) is 10.5. The molecule has 1 fully saturated rings. The first-order chi connectivity index (χ1) is 14.8. The molecule has 0 spiro atoms. The van der Waals surface area contributed by atoms with Gasteiger partial charge in [0.25, 0.3) is 5.91 Å². The molecule has 1 heterocycles. The van der Waals surface area contributed by atoms with Gasteiger partial charge in [-0.25, -0.2) is 4.79 Å². The van der Waals surface area contributed by atoms with Crippen LogP contribution in [0.1, 0.15) is 47.3 Å². The maximum absolute atomic E-state index is 13.1. The third kappa shape index (κ3) is 4.05. The van der Waals surface area contributed by atoms with Gasteiger partial charge >= 0.3 is 6.03 Å². The molecule has 0 unspecified atom stereocenters. The van der Waals surface area contributed by atoms with Crippen molar-refractivity contribution in [2.45, 2.75) is 44.8 Å². The molecular formula is C24H26N2O5. The van der Waals surface area contributed by atoms with Crippen molar-refractivity contribution in [2.24, 2.45) is 0 Å². The number of aliphatic hydroxyl groups is 1. The number of fused-ring (bicyclic) bond motifs is 1. The van der Waals surface area contributed by atoms with Gasteiger partial charge in [-0.1, -0.05) is 30.3 Å². The number of imide groups is 1. The number of ether oxygens (including phenoxy) is 1. The number of hydrogen-bond acceptors (Lipinski definition) is 5. The van der Waals surface area contributed by atoms with E-state index in [4.69, 9.17) is 4.74 Å². The Balaban J connectivity index is 1.42. The predicted molar refractivity (Wildman–Crippen MR) is 114 cm³/mol. The fourth-order valence-corrected chi connectivity index (χ4v) is 4.20. The summed E-state index contributed by atoms with van der Waals surface area (Å²) in [5.74, 6) is -0.0452. The first kappa shape index (κ1) is 21.1. The van der Waals surface area contributed by atoms with Crippen LogP contribution < -0.4 is 10.1 Å². The van der Waals surface area contributed by atoms with Crippen LogP contribution in [-0.2, 0) is 23.2 Å². The summed E-state index contributed by atoms with van der Waals surface area (Å²) in [5, 5.41) is 13.2. The lowest BCUT2D eigenvalue weighted by Crippen LogP contribution is -2.42. The summed E-state index contributed by atoms with van der Waals surface area (Å²) >= 11 is 0. The molecule has 2 aromatic rings. The molecule has 0 bridgehead atoms. The molecule has 7 nitrogen and oxygen atoms in total. The maximum atomic E-state index is 13.1. The van der Waals surface area contributed by atoms with Gasteiger partial charge in [0.2, 0.25) is 0 Å². The number of benzene rings is 2. The van der Waals surface area contributed by atoms with Gasteiger partial charge in [-0.3, -0.25) is 14.5 Å². The summed E-state index contributed by atoms with van der Waals surface area (Å²) in [6.07, 6.45) is 2.05. The average Bonchev–Trinajstić information content (AvgIpc) is 3.31. The smallest absolute Gasteiger partial charge is 0.325 e. The fraction of sp³-hybridized carbons (Fsp3) is 0.375. The highest BCUT2D eigenvalue weighted by Crippen LogP contribution is 2.32. The molecule has 1 aliphatic heterocycles. The normalized spacial score (nSPS) is 21.1. The number of amides is 3. The highest BCUT2D eigenvalue weighted by molar-refractivity contribution is 6.07. The van der Waals surface area contributed by atoms with Crippen LogP contribution in [0.5, 0.6) is 5.75 Å². The van der Waals surface area contributed by atoms with Crippen molar-refractivity contribution in [1.29, 1.82) is 0 Å². The third-order valence-corrected chi connectivity index (χ3v) is 6.03. The Bertz CT molecular complexity index is 1050. The molecule has 1 aliphatic carbocycles. The minimum atomic E-state index is -1.16. The molecule has 4 rings (SSSR count). The molecule has 2 aromatic carbocycles. The number of nitrogens with zero attached hydrogens (tertiary/aromatic N) is 1. The van der Waals surface area contributed by atoms with Gasteiger partial charge in [0.05, 0.1) is 6.54 Å². The predicted octanol–water partition coefficient (Wildman–Crippen LogP) is 2.58. The van der Waals surface area contributed by atoms with E-state index in [0.29, 0.717) is 11.3 Å². The molecule has 1 saturated heterocycles. The number of urea groups is 1. The number of β-amino-alcohol motifs (C(OH)–C–C–N with tert-alkyl or cyclic N) is 1. The van der Waals surface area contributed by atoms with Crippen LogP contribution in [0.4, 0.5) is 4.79 Å². The van der Waals surface area contributed by atoms with Gasteiger partial charge in [0, 0.05) is 5.56 Å². The second kappa shape index (κ2) is 8.15. The van der Waals surface area contributed by atoms with Gasteiger partial charge in [0.1, 0.15) is 24.0 Å². The molecule has 3 amide bonds. The summed E-state index contributed by atoms with van der Waals surface area (Å²) in [6, 6.07) is 12.0. The number of aryl methyl sites for hydroxylation is 2. The fourth-order valence-electron chi connectivity index (χ4n) is 4.20. The van der Waals surface area contributed by atoms with Gasteiger partial charge in [-0.2, -0.15) is 0 Å². The monoisotopic (exact) mass is 422 g/mol. The Labute approximate surface area is 181 Å². The van der Waals surface area contributed by atoms with Crippen LogP contribution in [-0.4, -0.2) is 47.0 Å². The van der Waals surface area contributed by atoms with Gasteiger partial charge in [-0.05, 0) is 61.9 Å². The van der Waals surface area contributed by atoms with Crippen LogP contribution in [0.25, 0.3) is 0 Å². The van der Waals surface area contributed by atoms with Crippen LogP contribution in [0.2, 0.25) is 0 Å². The van der Waals surface area contributed by atoms with E-state index in [9.17, 15) is 19.5 Å². The van der Waals surface area contributed by atoms with Crippen LogP contribution in [0.3, 0.4) is 0 Å². The Morgan fingerprint density at radius 3 is 2.74 bits per heavy atom. The zero-order valence-corrected chi connectivity index (χ0v) is 17.7. The average molecular weight is 422 g/mol. The number of Topliss-reactive ketones (excluding diaryl/α,β-unsaturated/α-hetero) is 1. The van der Waals surface area contributed by atoms with E-state index in [1.807, 2.05) is 18.2 Å². The minimum absolute atomic E-state index is 0.0869. The van der Waals surface area contributed by atoms with E-state index in [-0.39, 0.29) is 18.9 Å². The van der Waals surface area contributed by atoms with Gasteiger partial charge in [0.15, 0.2) is 5.78 Å². The summed E-state index contributed by atoms with van der Waals surface area (Å²) in [5.41, 5.74) is 2.61. The van der Waals surface area contributed by atoms with E-state index in [1.54, 1.807) is 31.2 Å². The molecule has 0 radical (unpaired) electrons. The Morgan fingerprint density at radius 2 is 1.97 bits per heavy atom. The molecule has 2 N–H and O–H groups in total. The van der Waals surface area contributed by atoms with Crippen molar-refractivity contribution < 1.29 is 24.2 Å². The number of aliphatic hydroxyl groups excluding tert-OH is 1. The van der Waals surface area contributed by atoms with Crippen molar-refractivity contribution in [3.8, 4) is 5.75 Å². The van der Waals surface area contributed by atoms with Crippen molar-refractivity contribution in [2.75, 3.05) is 13.2 Å². The zero-order valence-electron chi connectivity index (χ0n) is 17.7. The third-order valence-electron chi connectivity index (χ3n) is 6.03.